The van der Waals surface area contributed by atoms with Crippen LogP contribution in [0.1, 0.15) is 73.3 Å². The van der Waals surface area contributed by atoms with Gasteiger partial charge in [0.25, 0.3) is 0 Å². The Morgan fingerprint density at radius 1 is 1.07 bits per heavy atom. The molecule has 156 valence electrons. The van der Waals surface area contributed by atoms with E-state index in [2.05, 4.69) is 12.1 Å². The van der Waals surface area contributed by atoms with Gasteiger partial charge >= 0.3 is 11.9 Å². The van der Waals surface area contributed by atoms with E-state index in [1.165, 1.54) is 5.56 Å². The summed E-state index contributed by atoms with van der Waals surface area (Å²) in [6.45, 7) is 13.6. The highest BCUT2D eigenvalue weighted by Gasteiger charge is 2.61. The first kappa shape index (κ1) is 22.3. The smallest absolute Gasteiger partial charge is 0.324 e. The number of hydrogen-bond donors (Lipinski definition) is 0. The van der Waals surface area contributed by atoms with E-state index in [1.807, 2.05) is 60.6 Å². The highest BCUT2D eigenvalue weighted by molar-refractivity contribution is 6.01. The fourth-order valence-electron chi connectivity index (χ4n) is 3.44. The van der Waals surface area contributed by atoms with Crippen LogP contribution in [0.25, 0.3) is 0 Å². The van der Waals surface area contributed by atoms with Crippen molar-refractivity contribution in [3.05, 3.63) is 29.8 Å². The third-order valence-corrected chi connectivity index (χ3v) is 4.91. The van der Waals surface area contributed by atoms with Crippen LogP contribution in [0.2, 0.25) is 0 Å². The molecule has 0 N–H and O–H groups in total. The second-order valence-electron chi connectivity index (χ2n) is 9.56. The summed E-state index contributed by atoms with van der Waals surface area (Å²) in [5, 5.41) is 0. The first-order valence-corrected chi connectivity index (χ1v) is 10.1. The molecule has 2 aliphatic rings. The van der Waals surface area contributed by atoms with Crippen LogP contribution >= 0.6 is 0 Å². The van der Waals surface area contributed by atoms with Gasteiger partial charge in [-0.3, -0.25) is 9.59 Å². The first-order valence-electron chi connectivity index (χ1n) is 10.1. The topological polar surface area (TPSA) is 61.8 Å². The summed E-state index contributed by atoms with van der Waals surface area (Å²) in [5.74, 6) is 0.157. The minimum absolute atomic E-state index is 0.0206. The zero-order valence-corrected chi connectivity index (χ0v) is 18.3. The van der Waals surface area contributed by atoms with Gasteiger partial charge in [0.15, 0.2) is 5.41 Å². The molecule has 1 atom stereocenters. The van der Waals surface area contributed by atoms with Gasteiger partial charge in [-0.25, -0.2) is 0 Å². The molecular weight excluding hydrogens is 356 g/mol. The minimum atomic E-state index is -1.10. The number of rotatable bonds is 3. The Morgan fingerprint density at radius 3 is 2.00 bits per heavy atom. The Kier molecular flexibility index (Phi) is 6.47. The van der Waals surface area contributed by atoms with Crippen LogP contribution in [0.3, 0.4) is 0 Å². The average molecular weight is 391 g/mol. The van der Waals surface area contributed by atoms with Crippen molar-refractivity contribution in [3.8, 4) is 5.75 Å². The molecule has 5 heteroatoms. The molecule has 0 saturated heterocycles. The van der Waals surface area contributed by atoms with Gasteiger partial charge in [0.05, 0.1) is 0 Å². The lowest BCUT2D eigenvalue weighted by atomic mass is 9.58. The number of benzene rings is 1. The summed E-state index contributed by atoms with van der Waals surface area (Å²) in [6.07, 6.45) is 2.17. The summed E-state index contributed by atoms with van der Waals surface area (Å²) < 4.78 is 16.1. The van der Waals surface area contributed by atoms with Gasteiger partial charge in [0.1, 0.15) is 23.6 Å². The number of carbonyl (C=O) groups is 2. The van der Waals surface area contributed by atoms with Crippen LogP contribution < -0.4 is 4.74 Å². The van der Waals surface area contributed by atoms with Crippen LogP contribution in [0.5, 0.6) is 5.75 Å². The number of fused-ring (bicyclic) bond motifs is 2. The number of hydrogen-bond acceptors (Lipinski definition) is 5. The molecule has 1 aliphatic heterocycles. The van der Waals surface area contributed by atoms with E-state index in [0.29, 0.717) is 6.42 Å². The largest absolute Gasteiger partial charge is 0.489 e. The van der Waals surface area contributed by atoms with Gasteiger partial charge in [0, 0.05) is 0 Å². The van der Waals surface area contributed by atoms with E-state index in [9.17, 15) is 9.59 Å². The van der Waals surface area contributed by atoms with Gasteiger partial charge in [-0.05, 0) is 78.0 Å². The molecule has 1 aromatic rings. The summed E-state index contributed by atoms with van der Waals surface area (Å²) in [6, 6.07) is 8.10. The lowest BCUT2D eigenvalue weighted by molar-refractivity contribution is -0.200. The molecule has 28 heavy (non-hydrogen) atoms. The van der Waals surface area contributed by atoms with E-state index >= 15 is 0 Å². The lowest BCUT2D eigenvalue weighted by Crippen LogP contribution is -2.56. The fraction of sp³-hybridized carbons (Fsp3) is 0.652. The van der Waals surface area contributed by atoms with Crippen LogP contribution in [0, 0.1) is 11.3 Å². The van der Waals surface area contributed by atoms with Crippen molar-refractivity contribution in [2.45, 2.75) is 85.5 Å². The molecule has 0 amide bonds. The number of ether oxygens (including phenoxy) is 3. The molecule has 3 rings (SSSR count). The zero-order chi connectivity index (χ0) is 21.2. The summed E-state index contributed by atoms with van der Waals surface area (Å²) in [5.41, 5.74) is -1.02. The summed E-state index contributed by atoms with van der Waals surface area (Å²) >= 11 is 0. The molecule has 1 heterocycles. The molecule has 1 saturated carbocycles. The minimum Gasteiger partial charge on any atom is -0.489 e. The lowest BCUT2D eigenvalue weighted by Gasteiger charge is -2.46. The van der Waals surface area contributed by atoms with Crippen molar-refractivity contribution >= 4 is 11.9 Å². The van der Waals surface area contributed by atoms with E-state index in [1.54, 1.807) is 0 Å². The van der Waals surface area contributed by atoms with E-state index in [-0.39, 0.29) is 5.92 Å². The predicted octanol–water partition coefficient (Wildman–Crippen LogP) is 5.06. The second-order valence-corrected chi connectivity index (χ2v) is 9.56. The highest BCUT2D eigenvalue weighted by atomic mass is 16.6. The maximum Gasteiger partial charge on any atom is 0.324 e. The van der Waals surface area contributed by atoms with Crippen molar-refractivity contribution in [1.29, 1.82) is 0 Å². The molecular formula is C23H34O5. The van der Waals surface area contributed by atoms with Gasteiger partial charge < -0.3 is 14.2 Å². The SMILES string of the molecule is CCC1CCC1(C(=O)OC(C)(C)C)C(=O)OC(C)(C)C.c1cc2cc(c1)OC2. The third kappa shape index (κ3) is 5.27. The van der Waals surface area contributed by atoms with E-state index < -0.39 is 28.6 Å². The number of carbonyl (C=O) groups excluding carboxylic acids is 2. The predicted molar refractivity (Wildman–Crippen MR) is 108 cm³/mol. The molecule has 1 aromatic carbocycles. The molecule has 0 spiro atoms. The van der Waals surface area contributed by atoms with Gasteiger partial charge in [0.2, 0.25) is 0 Å². The van der Waals surface area contributed by atoms with Gasteiger partial charge in [-0.1, -0.05) is 25.5 Å². The molecule has 2 bridgehead atoms. The van der Waals surface area contributed by atoms with Crippen molar-refractivity contribution in [1.82, 2.24) is 0 Å². The Morgan fingerprint density at radius 2 is 1.64 bits per heavy atom. The van der Waals surface area contributed by atoms with Crippen molar-refractivity contribution < 1.29 is 23.8 Å². The van der Waals surface area contributed by atoms with Crippen LogP contribution in [0.15, 0.2) is 24.3 Å². The van der Waals surface area contributed by atoms with Crippen molar-refractivity contribution in [2.24, 2.45) is 11.3 Å². The summed E-state index contributed by atoms with van der Waals surface area (Å²) in [4.78, 5) is 25.1. The van der Waals surface area contributed by atoms with E-state index in [0.717, 1.165) is 25.2 Å². The molecule has 1 fully saturated rings. The van der Waals surface area contributed by atoms with Gasteiger partial charge in [-0.2, -0.15) is 0 Å². The monoisotopic (exact) mass is 390 g/mol. The average Bonchev–Trinajstić information content (AvgIpc) is 2.82. The van der Waals surface area contributed by atoms with Crippen molar-refractivity contribution in [2.75, 3.05) is 0 Å². The van der Waals surface area contributed by atoms with E-state index in [4.69, 9.17) is 14.2 Å². The quantitative estimate of drug-likeness (QED) is 0.533. The van der Waals surface area contributed by atoms with Crippen LogP contribution in [-0.4, -0.2) is 23.1 Å². The molecule has 0 radical (unpaired) electrons. The highest BCUT2D eigenvalue weighted by Crippen LogP contribution is 2.51. The third-order valence-electron chi connectivity index (χ3n) is 4.91. The Labute approximate surface area is 168 Å². The van der Waals surface area contributed by atoms with Crippen LogP contribution in [0.4, 0.5) is 0 Å². The van der Waals surface area contributed by atoms with Crippen LogP contribution in [-0.2, 0) is 25.7 Å². The number of esters is 2. The Balaban J connectivity index is 0.000000285. The molecule has 1 unspecified atom stereocenters. The maximum atomic E-state index is 12.5. The second kappa shape index (κ2) is 8.14. The normalized spacial score (nSPS) is 19.5. The van der Waals surface area contributed by atoms with Gasteiger partial charge in [-0.15, -0.1) is 0 Å². The first-order chi connectivity index (χ1) is 12.9. The maximum absolute atomic E-state index is 12.5. The molecule has 0 aromatic heterocycles. The van der Waals surface area contributed by atoms with Crippen molar-refractivity contribution in [3.63, 3.8) is 0 Å². The standard InChI is InChI=1S/C16H28O4.C7H6O/c1-8-11-9-10-16(11,12(17)19-14(2,3)4)13(18)20-15(5,6)7;1-2-6-4-7(3-1)8-5-6/h11H,8-10H2,1-7H3;1-4H,5H2. The molecule has 1 aliphatic carbocycles. The fourth-order valence-corrected chi connectivity index (χ4v) is 3.44. The Bertz CT molecular complexity index is 659. The summed E-state index contributed by atoms with van der Waals surface area (Å²) in [7, 11) is 0. The zero-order valence-electron chi connectivity index (χ0n) is 18.3. The Hall–Kier alpha value is -2.04. The molecule has 5 nitrogen and oxygen atoms in total.